The zero-order chi connectivity index (χ0) is 16.3. The fourth-order valence-electron chi connectivity index (χ4n) is 5.93. The first kappa shape index (κ1) is 14.2. The number of carbonyl (C=O) groups is 2. The van der Waals surface area contributed by atoms with Gasteiger partial charge in [0.05, 0.1) is 5.54 Å². The van der Waals surface area contributed by atoms with Crippen molar-refractivity contribution in [3.63, 3.8) is 0 Å². The number of rotatable bonds is 2. The summed E-state index contributed by atoms with van der Waals surface area (Å²) in [5, 5.41) is 2.81. The summed E-state index contributed by atoms with van der Waals surface area (Å²) in [6, 6.07) is 3.43. The van der Waals surface area contributed by atoms with Gasteiger partial charge in [-0.2, -0.15) is 0 Å². The number of imide groups is 1. The summed E-state index contributed by atoms with van der Waals surface area (Å²) < 4.78 is 0. The Morgan fingerprint density at radius 2 is 1.62 bits per heavy atom. The average Bonchev–Trinajstić information content (AvgIpc) is 2.81. The maximum Gasteiger partial charge on any atom is 0.329 e. The van der Waals surface area contributed by atoms with Gasteiger partial charge in [0.25, 0.3) is 5.91 Å². The molecule has 5 aliphatic rings. The first-order valence-electron chi connectivity index (χ1n) is 8.90. The number of hydrogen-bond donors (Lipinski definition) is 1. The zero-order valence-electron chi connectivity index (χ0n) is 13.6. The van der Waals surface area contributed by atoms with Gasteiger partial charge in [0.1, 0.15) is 5.70 Å². The molecule has 3 amide bonds. The largest absolute Gasteiger partial charge is 0.329 e. The molecule has 5 fully saturated rings. The number of urea groups is 1. The van der Waals surface area contributed by atoms with E-state index in [2.05, 4.69) is 10.3 Å². The number of hydrogen-bond acceptors (Lipinski definition) is 3. The van der Waals surface area contributed by atoms with Crippen molar-refractivity contribution >= 4 is 18.0 Å². The van der Waals surface area contributed by atoms with Crippen molar-refractivity contribution in [3.05, 3.63) is 35.8 Å². The molecular weight excluding hydrogens is 302 g/mol. The van der Waals surface area contributed by atoms with Crippen LogP contribution in [0.15, 0.2) is 30.2 Å². The predicted octanol–water partition coefficient (Wildman–Crippen LogP) is 2.94. The molecule has 1 aromatic rings. The lowest BCUT2D eigenvalue weighted by atomic mass is 9.52. The second-order valence-electron chi connectivity index (χ2n) is 8.05. The Hall–Kier alpha value is -2.17. The van der Waals surface area contributed by atoms with E-state index in [0.717, 1.165) is 24.8 Å². The van der Waals surface area contributed by atoms with Gasteiger partial charge in [0.2, 0.25) is 0 Å². The number of amides is 3. The van der Waals surface area contributed by atoms with Gasteiger partial charge in [-0.1, -0.05) is 0 Å². The molecule has 24 heavy (non-hydrogen) atoms. The molecule has 5 nitrogen and oxygen atoms in total. The monoisotopic (exact) mass is 323 g/mol. The first-order valence-corrected chi connectivity index (χ1v) is 8.90. The molecule has 124 valence electrons. The molecule has 1 saturated heterocycles. The smallest absolute Gasteiger partial charge is 0.303 e. The zero-order valence-corrected chi connectivity index (χ0v) is 13.6. The topological polar surface area (TPSA) is 62.3 Å². The predicted molar refractivity (Wildman–Crippen MR) is 88.5 cm³/mol. The molecule has 0 spiro atoms. The third kappa shape index (κ3) is 2.03. The molecule has 0 aromatic carbocycles. The third-order valence-corrected chi connectivity index (χ3v) is 6.38. The summed E-state index contributed by atoms with van der Waals surface area (Å²) in [6.07, 6.45) is 12.0. The van der Waals surface area contributed by atoms with Crippen LogP contribution >= 0.6 is 0 Å². The molecule has 0 unspecified atom stereocenters. The van der Waals surface area contributed by atoms with Crippen LogP contribution in [0.25, 0.3) is 6.08 Å². The normalized spacial score (nSPS) is 38.9. The average molecular weight is 323 g/mol. The van der Waals surface area contributed by atoms with Crippen LogP contribution in [0.2, 0.25) is 0 Å². The van der Waals surface area contributed by atoms with E-state index in [-0.39, 0.29) is 17.5 Å². The molecule has 1 N–H and O–H groups in total. The Kier molecular flexibility index (Phi) is 2.91. The van der Waals surface area contributed by atoms with Crippen molar-refractivity contribution in [1.29, 1.82) is 0 Å². The Morgan fingerprint density at radius 1 is 1.04 bits per heavy atom. The van der Waals surface area contributed by atoms with Crippen LogP contribution in [0.3, 0.4) is 0 Å². The Labute approximate surface area is 141 Å². The van der Waals surface area contributed by atoms with Crippen molar-refractivity contribution in [1.82, 2.24) is 15.2 Å². The second-order valence-corrected chi connectivity index (χ2v) is 8.05. The van der Waals surface area contributed by atoms with Crippen LogP contribution in [0.5, 0.6) is 0 Å². The maximum absolute atomic E-state index is 13.0. The molecule has 1 aromatic heterocycles. The fraction of sp³-hybridized carbons (Fsp3) is 0.526. The minimum Gasteiger partial charge on any atom is -0.303 e. The van der Waals surface area contributed by atoms with E-state index in [9.17, 15) is 9.59 Å². The quantitative estimate of drug-likeness (QED) is 0.672. The van der Waals surface area contributed by atoms with Gasteiger partial charge in [0.15, 0.2) is 0 Å². The highest BCUT2D eigenvalue weighted by atomic mass is 16.2. The van der Waals surface area contributed by atoms with E-state index in [1.165, 1.54) is 19.3 Å². The summed E-state index contributed by atoms with van der Waals surface area (Å²) in [7, 11) is 0. The van der Waals surface area contributed by atoms with E-state index < -0.39 is 0 Å². The van der Waals surface area contributed by atoms with Gasteiger partial charge in [-0.25, -0.2) is 4.79 Å². The summed E-state index contributed by atoms with van der Waals surface area (Å²) >= 11 is 0. The van der Waals surface area contributed by atoms with Gasteiger partial charge in [-0.3, -0.25) is 14.7 Å². The van der Waals surface area contributed by atoms with E-state index >= 15 is 0 Å². The Bertz CT molecular complexity index is 705. The van der Waals surface area contributed by atoms with Crippen LogP contribution in [0.1, 0.15) is 44.1 Å². The molecule has 2 heterocycles. The van der Waals surface area contributed by atoms with Gasteiger partial charge < -0.3 is 5.32 Å². The summed E-state index contributed by atoms with van der Waals surface area (Å²) in [5.74, 6) is 1.94. The van der Waals surface area contributed by atoms with Crippen molar-refractivity contribution in [2.45, 2.75) is 44.1 Å². The van der Waals surface area contributed by atoms with Crippen molar-refractivity contribution in [3.8, 4) is 0 Å². The molecule has 1 aliphatic heterocycles. The van der Waals surface area contributed by atoms with E-state index in [0.29, 0.717) is 23.5 Å². The third-order valence-electron chi connectivity index (χ3n) is 6.38. The number of carbonyl (C=O) groups excluding carboxylic acids is 2. The first-order chi connectivity index (χ1) is 11.6. The summed E-state index contributed by atoms with van der Waals surface area (Å²) in [6.45, 7) is 0. The minimum absolute atomic E-state index is 0.154. The standard InChI is InChI=1S/C19H21N3O2/c23-17-16(8-12-1-3-20-4-2-12)21-18(24)22(17)19-9-13-5-14(10-19)7-15(6-13)11-19/h1-4,8,13-15H,5-7,9-11H2,(H,21,24)/b16-8-. The molecule has 5 heteroatoms. The molecule has 0 atom stereocenters. The lowest BCUT2D eigenvalue weighted by molar-refractivity contribution is -0.136. The maximum atomic E-state index is 13.0. The second kappa shape index (κ2) is 4.91. The van der Waals surface area contributed by atoms with E-state index in [1.54, 1.807) is 23.4 Å². The van der Waals surface area contributed by atoms with Gasteiger partial charge >= 0.3 is 6.03 Å². The van der Waals surface area contributed by atoms with Crippen LogP contribution in [0, 0.1) is 17.8 Å². The van der Waals surface area contributed by atoms with Crippen molar-refractivity contribution in [2.75, 3.05) is 0 Å². The SMILES string of the molecule is O=C1N/C(=C\c2ccncc2)C(=O)N1C12CC3CC(CC(C3)C1)C2. The minimum atomic E-state index is -0.234. The fourth-order valence-corrected chi connectivity index (χ4v) is 5.93. The highest BCUT2D eigenvalue weighted by molar-refractivity contribution is 6.14. The van der Waals surface area contributed by atoms with Gasteiger partial charge in [0, 0.05) is 12.4 Å². The summed E-state index contributed by atoms with van der Waals surface area (Å²) in [4.78, 5) is 31.2. The molecule has 4 saturated carbocycles. The number of aromatic nitrogens is 1. The molecule has 6 rings (SSSR count). The lowest BCUT2D eigenvalue weighted by Gasteiger charge is -2.58. The molecule has 4 aliphatic carbocycles. The summed E-state index contributed by atoms with van der Waals surface area (Å²) in [5.41, 5.74) is 1.03. The molecule has 0 radical (unpaired) electrons. The van der Waals surface area contributed by atoms with E-state index in [1.807, 2.05) is 12.1 Å². The van der Waals surface area contributed by atoms with Crippen LogP contribution in [0.4, 0.5) is 4.79 Å². The Balaban J connectivity index is 1.48. The number of nitrogens with zero attached hydrogens (tertiary/aromatic N) is 2. The highest BCUT2D eigenvalue weighted by Crippen LogP contribution is 2.58. The van der Waals surface area contributed by atoms with Crippen molar-refractivity contribution < 1.29 is 9.59 Å². The lowest BCUT2D eigenvalue weighted by Crippen LogP contribution is -2.61. The van der Waals surface area contributed by atoms with Crippen LogP contribution in [-0.2, 0) is 4.79 Å². The van der Waals surface area contributed by atoms with Crippen LogP contribution in [-0.4, -0.2) is 27.4 Å². The number of pyridine rings is 1. The van der Waals surface area contributed by atoms with E-state index in [4.69, 9.17) is 0 Å². The van der Waals surface area contributed by atoms with Gasteiger partial charge in [-0.15, -0.1) is 0 Å². The molecule has 4 bridgehead atoms. The number of nitrogens with one attached hydrogen (secondary N) is 1. The Morgan fingerprint density at radius 3 is 2.21 bits per heavy atom. The van der Waals surface area contributed by atoms with Crippen LogP contribution < -0.4 is 5.32 Å². The molecular formula is C19H21N3O2. The van der Waals surface area contributed by atoms with Crippen molar-refractivity contribution in [2.24, 2.45) is 17.8 Å². The van der Waals surface area contributed by atoms with Gasteiger partial charge in [-0.05, 0) is 80.1 Å². The highest BCUT2D eigenvalue weighted by Gasteiger charge is 2.58.